The quantitative estimate of drug-likeness (QED) is 0.285. The molecule has 1 N–H and O–H groups in total. The van der Waals surface area contributed by atoms with E-state index in [1.165, 1.54) is 63.9 Å². The van der Waals surface area contributed by atoms with Gasteiger partial charge in [-0.25, -0.2) is 0 Å². The molecule has 0 bridgehead atoms. The van der Waals surface area contributed by atoms with Gasteiger partial charge in [-0.05, 0) is 34.7 Å². The van der Waals surface area contributed by atoms with Gasteiger partial charge in [-0.1, -0.05) is 78.9 Å². The van der Waals surface area contributed by atoms with Gasteiger partial charge in [-0.15, -0.1) is 11.3 Å². The Morgan fingerprint density at radius 3 is 2.20 bits per heavy atom. The van der Waals surface area contributed by atoms with E-state index in [9.17, 15) is 0 Å². The van der Waals surface area contributed by atoms with E-state index in [1.54, 1.807) is 0 Å². The molecule has 0 aliphatic rings. The Hall–Kier alpha value is -3.62. The number of benzene rings is 5. The van der Waals surface area contributed by atoms with Crippen molar-refractivity contribution in [3.05, 3.63) is 97.1 Å². The zero-order chi connectivity index (χ0) is 19.7. The molecule has 0 saturated heterocycles. The first-order valence-electron chi connectivity index (χ1n) is 10.2. The average Bonchev–Trinajstić information content (AvgIpc) is 3.38. The Morgan fingerprint density at radius 1 is 0.533 bits per heavy atom. The second kappa shape index (κ2) is 5.94. The van der Waals surface area contributed by atoms with E-state index in [-0.39, 0.29) is 0 Å². The van der Waals surface area contributed by atoms with Crippen LogP contribution in [-0.2, 0) is 0 Å². The van der Waals surface area contributed by atoms with Crippen LogP contribution in [0.4, 0.5) is 0 Å². The van der Waals surface area contributed by atoms with Gasteiger partial charge in [0.05, 0.1) is 5.52 Å². The molecule has 0 amide bonds. The first-order chi connectivity index (χ1) is 14.9. The number of hydrogen-bond donors (Lipinski definition) is 1. The van der Waals surface area contributed by atoms with Gasteiger partial charge in [0.1, 0.15) is 0 Å². The van der Waals surface area contributed by atoms with E-state index >= 15 is 0 Å². The minimum absolute atomic E-state index is 1.20. The molecule has 30 heavy (non-hydrogen) atoms. The lowest BCUT2D eigenvalue weighted by atomic mass is 9.96. The van der Waals surface area contributed by atoms with Crippen molar-refractivity contribution in [2.75, 3.05) is 0 Å². The summed E-state index contributed by atoms with van der Waals surface area (Å²) in [7, 11) is 0. The summed E-state index contributed by atoms with van der Waals surface area (Å²) in [6, 6.07) is 35.1. The Balaban J connectivity index is 1.76. The minimum Gasteiger partial charge on any atom is -0.354 e. The van der Waals surface area contributed by atoms with Crippen LogP contribution in [-0.4, -0.2) is 4.98 Å². The van der Waals surface area contributed by atoms with Crippen LogP contribution < -0.4 is 0 Å². The smallest absolute Gasteiger partial charge is 0.0565 e. The summed E-state index contributed by atoms with van der Waals surface area (Å²) in [6.45, 7) is 0. The van der Waals surface area contributed by atoms with E-state index in [2.05, 4.69) is 102 Å². The van der Waals surface area contributed by atoms with Gasteiger partial charge in [0, 0.05) is 41.8 Å². The number of para-hydroxylation sites is 1. The van der Waals surface area contributed by atoms with Gasteiger partial charge >= 0.3 is 0 Å². The second-order valence-corrected chi connectivity index (χ2v) is 8.90. The number of H-pyrrole nitrogens is 1. The number of nitrogens with one attached hydrogen (secondary N) is 1. The third-order valence-electron chi connectivity index (χ3n) is 6.19. The molecule has 2 heteroatoms. The molecular formula is C28H17NS. The Bertz CT molecular complexity index is 1740. The van der Waals surface area contributed by atoms with Crippen molar-refractivity contribution < 1.29 is 0 Å². The van der Waals surface area contributed by atoms with Crippen molar-refractivity contribution in [2.24, 2.45) is 0 Å². The highest BCUT2D eigenvalue weighted by atomic mass is 32.1. The van der Waals surface area contributed by atoms with Crippen LogP contribution in [0.1, 0.15) is 0 Å². The molecule has 0 aliphatic carbocycles. The largest absolute Gasteiger partial charge is 0.354 e. The SMILES string of the molecule is c1ccc(-c2ccc3c(c2)c2sc4ccccc4c2c2[nH]c4ccccc4c32)cc1. The highest BCUT2D eigenvalue weighted by molar-refractivity contribution is 7.27. The zero-order valence-electron chi connectivity index (χ0n) is 16.1. The fourth-order valence-corrected chi connectivity index (χ4v) is 6.09. The predicted molar refractivity (Wildman–Crippen MR) is 132 cm³/mol. The third-order valence-corrected chi connectivity index (χ3v) is 7.40. The van der Waals surface area contributed by atoms with Crippen LogP contribution in [0.25, 0.3) is 63.9 Å². The van der Waals surface area contributed by atoms with Crippen molar-refractivity contribution in [1.29, 1.82) is 0 Å². The molecular weight excluding hydrogens is 382 g/mol. The predicted octanol–water partition coefficient (Wildman–Crippen LogP) is 8.51. The van der Waals surface area contributed by atoms with Crippen LogP contribution >= 0.6 is 11.3 Å². The highest BCUT2D eigenvalue weighted by Gasteiger charge is 2.18. The maximum Gasteiger partial charge on any atom is 0.0565 e. The standard InChI is InChI=1S/C28H17NS/c1-2-8-17(9-3-1)18-14-15-19-22(16-18)28-26(21-11-5-7-13-24(21)30-28)27-25(19)20-10-4-6-12-23(20)29-27/h1-16,29H. The zero-order valence-corrected chi connectivity index (χ0v) is 17.0. The Morgan fingerprint density at radius 2 is 1.30 bits per heavy atom. The van der Waals surface area contributed by atoms with Crippen LogP contribution in [0.15, 0.2) is 97.1 Å². The maximum atomic E-state index is 3.74. The topological polar surface area (TPSA) is 15.8 Å². The molecule has 2 heterocycles. The minimum atomic E-state index is 1.20. The molecule has 0 radical (unpaired) electrons. The van der Waals surface area contributed by atoms with Crippen molar-refractivity contribution in [3.8, 4) is 11.1 Å². The summed E-state index contributed by atoms with van der Waals surface area (Å²) in [5, 5.41) is 7.96. The van der Waals surface area contributed by atoms with E-state index in [1.807, 2.05) is 11.3 Å². The maximum absolute atomic E-state index is 3.74. The van der Waals surface area contributed by atoms with Crippen LogP contribution in [0, 0.1) is 0 Å². The summed E-state index contributed by atoms with van der Waals surface area (Å²) < 4.78 is 2.70. The summed E-state index contributed by atoms with van der Waals surface area (Å²) in [6.07, 6.45) is 0. The fourth-order valence-electron chi connectivity index (χ4n) is 4.85. The number of rotatable bonds is 1. The van der Waals surface area contributed by atoms with Crippen LogP contribution in [0.2, 0.25) is 0 Å². The summed E-state index contributed by atoms with van der Waals surface area (Å²) >= 11 is 1.90. The normalized spacial score (nSPS) is 12.0. The van der Waals surface area contributed by atoms with Crippen molar-refractivity contribution >= 4 is 64.1 Å². The summed E-state index contributed by atoms with van der Waals surface area (Å²) in [5.41, 5.74) is 4.97. The lowest BCUT2D eigenvalue weighted by Gasteiger charge is -2.08. The van der Waals surface area contributed by atoms with Gasteiger partial charge < -0.3 is 4.98 Å². The molecule has 0 fully saturated rings. The first-order valence-corrected chi connectivity index (χ1v) is 11.0. The monoisotopic (exact) mass is 399 g/mol. The van der Waals surface area contributed by atoms with Crippen molar-refractivity contribution in [3.63, 3.8) is 0 Å². The fraction of sp³-hybridized carbons (Fsp3) is 0. The molecule has 0 spiro atoms. The van der Waals surface area contributed by atoms with Gasteiger partial charge in [-0.3, -0.25) is 0 Å². The second-order valence-electron chi connectivity index (χ2n) is 7.85. The molecule has 2 aromatic heterocycles. The lowest BCUT2D eigenvalue weighted by Crippen LogP contribution is -1.82. The summed E-state index contributed by atoms with van der Waals surface area (Å²) in [5.74, 6) is 0. The molecule has 5 aromatic carbocycles. The molecule has 7 aromatic rings. The Labute approximate surface area is 177 Å². The Kier molecular flexibility index (Phi) is 3.21. The number of thiophene rings is 1. The average molecular weight is 400 g/mol. The van der Waals surface area contributed by atoms with E-state index in [0.717, 1.165) is 0 Å². The molecule has 0 unspecified atom stereocenters. The number of aromatic amines is 1. The first kappa shape index (κ1) is 16.2. The molecule has 0 aliphatic heterocycles. The number of fused-ring (bicyclic) bond motifs is 10. The molecule has 140 valence electrons. The van der Waals surface area contributed by atoms with Gasteiger partial charge in [-0.2, -0.15) is 0 Å². The van der Waals surface area contributed by atoms with Crippen LogP contribution in [0.5, 0.6) is 0 Å². The number of hydrogen-bond acceptors (Lipinski definition) is 1. The number of aromatic nitrogens is 1. The van der Waals surface area contributed by atoms with Crippen molar-refractivity contribution in [2.45, 2.75) is 0 Å². The van der Waals surface area contributed by atoms with E-state index in [4.69, 9.17) is 0 Å². The molecule has 1 nitrogen and oxygen atoms in total. The van der Waals surface area contributed by atoms with Crippen LogP contribution in [0.3, 0.4) is 0 Å². The molecule has 7 rings (SSSR count). The molecule has 0 saturated carbocycles. The summed E-state index contributed by atoms with van der Waals surface area (Å²) in [4.78, 5) is 3.74. The van der Waals surface area contributed by atoms with E-state index < -0.39 is 0 Å². The van der Waals surface area contributed by atoms with Gasteiger partial charge in [0.15, 0.2) is 0 Å². The van der Waals surface area contributed by atoms with Crippen molar-refractivity contribution in [1.82, 2.24) is 4.98 Å². The van der Waals surface area contributed by atoms with Gasteiger partial charge in [0.2, 0.25) is 0 Å². The lowest BCUT2D eigenvalue weighted by molar-refractivity contribution is 1.57. The van der Waals surface area contributed by atoms with Gasteiger partial charge in [0.25, 0.3) is 0 Å². The third kappa shape index (κ3) is 2.11. The van der Waals surface area contributed by atoms with E-state index in [0.29, 0.717) is 0 Å². The molecule has 0 atom stereocenters. The highest BCUT2D eigenvalue weighted by Crippen LogP contribution is 2.46.